The number of carbonyl (C=O) groups is 1. The summed E-state index contributed by atoms with van der Waals surface area (Å²) in [6.07, 6.45) is 1.84. The van der Waals surface area contributed by atoms with Crippen molar-refractivity contribution in [2.24, 2.45) is 0 Å². The highest BCUT2D eigenvalue weighted by molar-refractivity contribution is 7.85. The van der Waals surface area contributed by atoms with Crippen LogP contribution in [0.4, 0.5) is 0 Å². The molecule has 0 atom stereocenters. The summed E-state index contributed by atoms with van der Waals surface area (Å²) < 4.78 is 11.2. The van der Waals surface area contributed by atoms with Gasteiger partial charge in [0.1, 0.15) is 0 Å². The fraction of sp³-hybridized carbons (Fsp3) is 0.600. The Bertz CT molecular complexity index is 423. The van der Waals surface area contributed by atoms with Crippen molar-refractivity contribution in [3.63, 3.8) is 0 Å². The first kappa shape index (κ1) is 12.7. The zero-order chi connectivity index (χ0) is 12.3. The molecule has 2 N–H and O–H groups in total. The Morgan fingerprint density at radius 3 is 2.88 bits per heavy atom. The average molecular weight is 274 g/mol. The van der Waals surface area contributed by atoms with Crippen molar-refractivity contribution in [3.8, 4) is 0 Å². The van der Waals surface area contributed by atoms with Crippen molar-refractivity contribution < 1.29 is 14.1 Å². The van der Waals surface area contributed by atoms with Crippen LogP contribution in [0.5, 0.6) is 0 Å². The summed E-state index contributed by atoms with van der Waals surface area (Å²) >= 11 is 1.15. The summed E-state index contributed by atoms with van der Waals surface area (Å²) in [7, 11) is -0.642. The molecule has 7 heteroatoms. The molecule has 2 rings (SSSR count). The van der Waals surface area contributed by atoms with Crippen LogP contribution in [-0.2, 0) is 17.3 Å². The number of hydrogen-bond donors (Lipinski definition) is 2. The molecule has 0 amide bonds. The number of aromatic carboxylic acids is 1. The Kier molecular flexibility index (Phi) is 4.25. The highest BCUT2D eigenvalue weighted by atomic mass is 32.2. The molecule has 2 heterocycles. The van der Waals surface area contributed by atoms with E-state index in [1.807, 2.05) is 0 Å². The number of thiazole rings is 1. The number of rotatable bonds is 4. The van der Waals surface area contributed by atoms with Crippen molar-refractivity contribution in [1.29, 1.82) is 0 Å². The summed E-state index contributed by atoms with van der Waals surface area (Å²) in [5, 5.41) is 14.0. The number of nitrogens with zero attached hydrogens (tertiary/aromatic N) is 1. The molecule has 1 saturated heterocycles. The van der Waals surface area contributed by atoms with Crippen LogP contribution in [0, 0.1) is 0 Å². The van der Waals surface area contributed by atoms with Crippen molar-refractivity contribution in [1.82, 2.24) is 10.3 Å². The summed E-state index contributed by atoms with van der Waals surface area (Å²) in [6, 6.07) is 0.377. The van der Waals surface area contributed by atoms with Gasteiger partial charge in [0.05, 0.1) is 5.69 Å². The molecular formula is C10H14N2O3S2. The molecule has 5 nitrogen and oxygen atoms in total. The maximum atomic E-state index is 11.2. The number of aromatic nitrogens is 1. The van der Waals surface area contributed by atoms with E-state index < -0.39 is 16.8 Å². The summed E-state index contributed by atoms with van der Waals surface area (Å²) in [4.78, 5) is 14.7. The first-order chi connectivity index (χ1) is 8.15. The van der Waals surface area contributed by atoms with E-state index in [0.717, 1.165) is 41.4 Å². The Labute approximate surface area is 106 Å². The van der Waals surface area contributed by atoms with Gasteiger partial charge in [0.25, 0.3) is 0 Å². The highest BCUT2D eigenvalue weighted by Crippen LogP contribution is 2.12. The van der Waals surface area contributed by atoms with Crippen LogP contribution in [0.15, 0.2) is 5.38 Å². The maximum absolute atomic E-state index is 11.2. The summed E-state index contributed by atoms with van der Waals surface area (Å²) in [5.74, 6) is 0.541. The maximum Gasteiger partial charge on any atom is 0.365 e. The van der Waals surface area contributed by atoms with Crippen LogP contribution < -0.4 is 5.32 Å². The van der Waals surface area contributed by atoms with Gasteiger partial charge in [-0.3, -0.25) is 4.21 Å². The molecule has 0 unspecified atom stereocenters. The fourth-order valence-corrected chi connectivity index (χ4v) is 3.69. The van der Waals surface area contributed by atoms with E-state index in [2.05, 4.69) is 10.3 Å². The van der Waals surface area contributed by atoms with E-state index in [4.69, 9.17) is 5.11 Å². The molecule has 0 bridgehead atoms. The molecule has 1 aromatic heterocycles. The minimum atomic E-state index is -0.977. The lowest BCUT2D eigenvalue weighted by atomic mass is 10.1. The van der Waals surface area contributed by atoms with Gasteiger partial charge in [0.15, 0.2) is 0 Å². The van der Waals surface area contributed by atoms with Crippen LogP contribution in [0.3, 0.4) is 0 Å². The third-order valence-electron chi connectivity index (χ3n) is 2.69. The molecular weight excluding hydrogens is 260 g/mol. The number of hydrogen-bond acceptors (Lipinski definition) is 5. The molecule has 0 aliphatic carbocycles. The van der Waals surface area contributed by atoms with Crippen molar-refractivity contribution in [2.75, 3.05) is 11.5 Å². The number of carboxylic acids is 1. The molecule has 1 aromatic rings. The summed E-state index contributed by atoms with van der Waals surface area (Å²) in [6.45, 7) is 0.584. The topological polar surface area (TPSA) is 79.3 Å². The summed E-state index contributed by atoms with van der Waals surface area (Å²) in [5.41, 5.74) is 0.763. The van der Waals surface area contributed by atoms with Gasteiger partial charge in [-0.15, -0.1) is 11.3 Å². The minimum absolute atomic E-state index is 0.131. The molecule has 1 fully saturated rings. The lowest BCUT2D eigenvalue weighted by molar-refractivity contribution is 0.0696. The Hall–Kier alpha value is -0.790. The molecule has 0 spiro atoms. The van der Waals surface area contributed by atoms with E-state index in [-0.39, 0.29) is 5.01 Å². The third-order valence-corrected chi connectivity index (χ3v) is 4.96. The second-order valence-electron chi connectivity index (χ2n) is 3.95. The quantitative estimate of drug-likeness (QED) is 0.850. The molecule has 1 aliphatic heterocycles. The van der Waals surface area contributed by atoms with Gasteiger partial charge < -0.3 is 10.4 Å². The van der Waals surface area contributed by atoms with E-state index >= 15 is 0 Å². The second-order valence-corrected chi connectivity index (χ2v) is 6.51. The average Bonchev–Trinajstić information content (AvgIpc) is 2.77. The van der Waals surface area contributed by atoms with Crippen LogP contribution >= 0.6 is 11.3 Å². The SMILES string of the molecule is O=C(O)c1nc(CNC2CCS(=O)CC2)cs1. The zero-order valence-electron chi connectivity index (χ0n) is 9.22. The van der Waals surface area contributed by atoms with Crippen molar-refractivity contribution >= 4 is 28.1 Å². The van der Waals surface area contributed by atoms with Gasteiger partial charge in [0, 0.05) is 40.3 Å². The fourth-order valence-electron chi connectivity index (χ4n) is 1.73. The minimum Gasteiger partial charge on any atom is -0.476 e. The Balaban J connectivity index is 1.81. The smallest absolute Gasteiger partial charge is 0.365 e. The van der Waals surface area contributed by atoms with E-state index in [9.17, 15) is 9.00 Å². The van der Waals surface area contributed by atoms with Crippen LogP contribution in [0.1, 0.15) is 28.3 Å². The Morgan fingerprint density at radius 2 is 2.29 bits per heavy atom. The molecule has 0 radical (unpaired) electrons. The van der Waals surface area contributed by atoms with Gasteiger partial charge in [-0.05, 0) is 12.8 Å². The van der Waals surface area contributed by atoms with Crippen molar-refractivity contribution in [3.05, 3.63) is 16.1 Å². The van der Waals surface area contributed by atoms with Gasteiger partial charge in [-0.1, -0.05) is 0 Å². The van der Waals surface area contributed by atoms with Crippen LogP contribution in [0.25, 0.3) is 0 Å². The van der Waals surface area contributed by atoms with Gasteiger partial charge in [-0.2, -0.15) is 0 Å². The predicted molar refractivity (Wildman–Crippen MR) is 66.8 cm³/mol. The second kappa shape index (κ2) is 5.70. The normalized spacial score (nSPS) is 24.7. The lowest BCUT2D eigenvalue weighted by Gasteiger charge is -2.22. The third kappa shape index (κ3) is 3.58. The first-order valence-electron chi connectivity index (χ1n) is 5.41. The monoisotopic (exact) mass is 274 g/mol. The van der Waals surface area contributed by atoms with Gasteiger partial charge in [-0.25, -0.2) is 9.78 Å². The number of nitrogens with one attached hydrogen (secondary N) is 1. The van der Waals surface area contributed by atoms with E-state index in [1.54, 1.807) is 5.38 Å². The van der Waals surface area contributed by atoms with E-state index in [1.165, 1.54) is 0 Å². The standard InChI is InChI=1S/C10H14N2O3S2/c13-10(14)9-12-8(6-16-9)5-11-7-1-3-17(15)4-2-7/h6-7,11H,1-5H2,(H,13,14). The van der Waals surface area contributed by atoms with Crippen LogP contribution in [-0.4, -0.2) is 37.8 Å². The zero-order valence-corrected chi connectivity index (χ0v) is 10.9. The molecule has 0 aromatic carbocycles. The Morgan fingerprint density at radius 1 is 1.59 bits per heavy atom. The highest BCUT2D eigenvalue weighted by Gasteiger charge is 2.17. The van der Waals surface area contributed by atoms with Crippen LogP contribution in [0.2, 0.25) is 0 Å². The largest absolute Gasteiger partial charge is 0.476 e. The molecule has 94 valence electrons. The van der Waals surface area contributed by atoms with Gasteiger partial charge >= 0.3 is 5.97 Å². The molecule has 1 aliphatic rings. The first-order valence-corrected chi connectivity index (χ1v) is 7.78. The van der Waals surface area contributed by atoms with Gasteiger partial charge in [0.2, 0.25) is 5.01 Å². The molecule has 0 saturated carbocycles. The number of carboxylic acid groups (broad SMARTS) is 1. The van der Waals surface area contributed by atoms with Crippen molar-refractivity contribution in [2.45, 2.75) is 25.4 Å². The van der Waals surface area contributed by atoms with E-state index in [0.29, 0.717) is 12.6 Å². The predicted octanol–water partition coefficient (Wildman–Crippen LogP) is 0.842. The lowest BCUT2D eigenvalue weighted by Crippen LogP contribution is -2.35. The molecule has 17 heavy (non-hydrogen) atoms.